The molecule has 1 aromatic heterocycles. The molecule has 2 heterocycles. The lowest BCUT2D eigenvalue weighted by atomic mass is 10.2. The van der Waals surface area contributed by atoms with Gasteiger partial charge in [-0.3, -0.25) is 14.5 Å². The maximum atomic E-state index is 13.5. The minimum atomic E-state index is -0.452. The summed E-state index contributed by atoms with van der Waals surface area (Å²) in [5, 5.41) is 21.2. The number of amides is 2. The monoisotopic (exact) mass is 604 g/mol. The van der Waals surface area contributed by atoms with Gasteiger partial charge in [0, 0.05) is 16.3 Å². The highest BCUT2D eigenvalue weighted by molar-refractivity contribution is 8.18. The Bertz CT molecular complexity index is 1670. The molecular formula is C30H22ClFN4O5S. The smallest absolute Gasteiger partial charge is 0.267 e. The highest BCUT2D eigenvalue weighted by atomic mass is 35.5. The van der Waals surface area contributed by atoms with E-state index in [4.69, 9.17) is 20.8 Å². The number of amidine groups is 1. The van der Waals surface area contributed by atoms with Gasteiger partial charge in [-0.1, -0.05) is 11.6 Å². The molecule has 0 radical (unpaired) electrons. The third-order valence-electron chi connectivity index (χ3n) is 5.77. The lowest BCUT2D eigenvalue weighted by molar-refractivity contribution is -0.122. The second kappa shape index (κ2) is 13.2. The molecule has 1 saturated heterocycles. The maximum absolute atomic E-state index is 13.5. The van der Waals surface area contributed by atoms with E-state index in [2.05, 4.69) is 15.5 Å². The van der Waals surface area contributed by atoms with E-state index in [-0.39, 0.29) is 24.8 Å². The number of aromatic hydroxyl groups is 1. The van der Waals surface area contributed by atoms with E-state index in [1.165, 1.54) is 53.8 Å². The Balaban J connectivity index is 1.36. The summed E-state index contributed by atoms with van der Waals surface area (Å²) >= 11 is 7.35. The number of halogens is 2. The maximum Gasteiger partial charge on any atom is 0.267 e. The van der Waals surface area contributed by atoms with Crippen LogP contribution in [0, 0.1) is 5.82 Å². The van der Waals surface area contributed by atoms with E-state index >= 15 is 0 Å². The van der Waals surface area contributed by atoms with Crippen molar-refractivity contribution in [1.82, 2.24) is 4.90 Å². The number of carbonyl (C=O) groups excluding carboxylic acids is 2. The fourth-order valence-corrected chi connectivity index (χ4v) is 4.87. The molecule has 1 aliphatic heterocycles. The van der Waals surface area contributed by atoms with Crippen molar-refractivity contribution in [3.8, 4) is 11.5 Å². The predicted octanol–water partition coefficient (Wildman–Crippen LogP) is 6.30. The summed E-state index contributed by atoms with van der Waals surface area (Å²) in [7, 11) is 0. The first-order chi connectivity index (χ1) is 20.3. The Kier molecular flexibility index (Phi) is 9.00. The zero-order valence-corrected chi connectivity index (χ0v) is 23.3. The Labute approximate surface area is 249 Å². The lowest BCUT2D eigenvalue weighted by Crippen LogP contribution is -2.28. The molecule has 4 aromatic rings. The van der Waals surface area contributed by atoms with Crippen LogP contribution in [0.15, 0.2) is 105 Å². The molecule has 1 fully saturated rings. The second-order valence-electron chi connectivity index (χ2n) is 8.83. The summed E-state index contributed by atoms with van der Waals surface area (Å²) in [5.74, 6) is -0.195. The summed E-state index contributed by atoms with van der Waals surface area (Å²) in [5.41, 5.74) is 1.61. The molecule has 0 aliphatic carbocycles. The average Bonchev–Trinajstić information content (AvgIpc) is 3.59. The molecule has 9 nitrogen and oxygen atoms in total. The molecule has 3 aromatic carbocycles. The SMILES string of the molecule is O=C(COc1ccc(Cl)cc1/C=C1\S/C(=N/N=C\c2ccc(O)cc2)N(Cc2ccco2)C1=O)Nc1ccc(F)cc1. The third kappa shape index (κ3) is 7.45. The number of hydrogen-bond acceptors (Lipinski definition) is 8. The molecule has 12 heteroatoms. The number of phenolic OH excluding ortho intramolecular Hbond substituents is 1. The molecule has 1 aliphatic rings. The zero-order chi connectivity index (χ0) is 29.5. The van der Waals surface area contributed by atoms with Crippen molar-refractivity contribution in [3.63, 3.8) is 0 Å². The number of phenols is 1. The number of furan rings is 1. The number of anilines is 1. The van der Waals surface area contributed by atoms with E-state index in [1.54, 1.807) is 48.5 Å². The molecule has 212 valence electrons. The Morgan fingerprint density at radius 2 is 1.90 bits per heavy atom. The van der Waals surface area contributed by atoms with Crippen LogP contribution in [0.1, 0.15) is 16.9 Å². The second-order valence-corrected chi connectivity index (χ2v) is 10.3. The molecule has 0 spiro atoms. The molecule has 5 rings (SSSR count). The van der Waals surface area contributed by atoms with Crippen molar-refractivity contribution in [2.24, 2.45) is 10.2 Å². The standard InChI is InChI=1S/C30H22ClFN4O5S/c31-21-5-12-26(41-18-28(38)34-23-8-6-22(32)7-9-23)20(14-21)15-27-29(39)36(17-25-2-1-13-40-25)30(42-27)35-33-16-19-3-10-24(37)11-4-19/h1-16,37H,17-18H2,(H,34,38)/b27-15-,33-16-,35-30+. The number of carbonyl (C=O) groups is 2. The van der Waals surface area contributed by atoms with Crippen LogP contribution in [-0.4, -0.2) is 39.8 Å². The molecule has 0 atom stereocenters. The van der Waals surface area contributed by atoms with Gasteiger partial charge in [0.2, 0.25) is 0 Å². The van der Waals surface area contributed by atoms with E-state index < -0.39 is 11.7 Å². The van der Waals surface area contributed by atoms with Crippen molar-refractivity contribution >= 4 is 58.3 Å². The van der Waals surface area contributed by atoms with E-state index in [0.29, 0.717) is 43.4 Å². The molecule has 0 saturated carbocycles. The van der Waals surface area contributed by atoms with Gasteiger partial charge in [-0.2, -0.15) is 5.10 Å². The van der Waals surface area contributed by atoms with Crippen LogP contribution < -0.4 is 10.1 Å². The van der Waals surface area contributed by atoms with Gasteiger partial charge in [-0.15, -0.1) is 5.10 Å². The lowest BCUT2D eigenvalue weighted by Gasteiger charge is -2.13. The Hall–Kier alpha value is -4.87. The number of benzene rings is 3. The topological polar surface area (TPSA) is 117 Å². The highest BCUT2D eigenvalue weighted by Gasteiger charge is 2.34. The van der Waals surface area contributed by atoms with E-state index in [0.717, 1.165) is 11.8 Å². The summed E-state index contributed by atoms with van der Waals surface area (Å²) < 4.78 is 24.3. The fourth-order valence-electron chi connectivity index (χ4n) is 3.76. The summed E-state index contributed by atoms with van der Waals surface area (Å²) in [6, 6.07) is 20.1. The number of thioether (sulfide) groups is 1. The number of rotatable bonds is 9. The predicted molar refractivity (Wildman–Crippen MR) is 160 cm³/mol. The minimum absolute atomic E-state index is 0.131. The Morgan fingerprint density at radius 1 is 1.12 bits per heavy atom. The van der Waals surface area contributed by atoms with Crippen molar-refractivity contribution in [2.75, 3.05) is 11.9 Å². The zero-order valence-electron chi connectivity index (χ0n) is 21.7. The van der Waals surface area contributed by atoms with Crippen LogP contribution in [0.5, 0.6) is 11.5 Å². The van der Waals surface area contributed by atoms with Crippen LogP contribution in [0.4, 0.5) is 10.1 Å². The molecule has 2 amide bonds. The van der Waals surface area contributed by atoms with Gasteiger partial charge < -0.3 is 19.6 Å². The summed E-state index contributed by atoms with van der Waals surface area (Å²) in [6.45, 7) is -0.203. The van der Waals surface area contributed by atoms with Gasteiger partial charge in [0.1, 0.15) is 23.1 Å². The van der Waals surface area contributed by atoms with Crippen molar-refractivity contribution in [2.45, 2.75) is 6.54 Å². The highest BCUT2D eigenvalue weighted by Crippen LogP contribution is 2.36. The molecule has 0 bridgehead atoms. The molecule has 2 N–H and O–H groups in total. The van der Waals surface area contributed by atoms with Crippen molar-refractivity contribution in [1.29, 1.82) is 0 Å². The van der Waals surface area contributed by atoms with Gasteiger partial charge in [-0.25, -0.2) is 4.39 Å². The minimum Gasteiger partial charge on any atom is -0.508 e. The van der Waals surface area contributed by atoms with Crippen molar-refractivity contribution in [3.05, 3.63) is 118 Å². The first-order valence-electron chi connectivity index (χ1n) is 12.5. The largest absolute Gasteiger partial charge is 0.508 e. The van der Waals surface area contributed by atoms with Crippen LogP contribution in [-0.2, 0) is 16.1 Å². The van der Waals surface area contributed by atoms with Gasteiger partial charge >= 0.3 is 0 Å². The third-order valence-corrected chi connectivity index (χ3v) is 7.00. The summed E-state index contributed by atoms with van der Waals surface area (Å²) in [4.78, 5) is 27.6. The molecule has 42 heavy (non-hydrogen) atoms. The first kappa shape index (κ1) is 28.7. The average molecular weight is 605 g/mol. The fraction of sp³-hybridized carbons (Fsp3) is 0.0667. The van der Waals surface area contributed by atoms with Crippen LogP contribution >= 0.6 is 23.4 Å². The number of hydrogen-bond donors (Lipinski definition) is 2. The van der Waals surface area contributed by atoms with Gasteiger partial charge in [0.05, 0.1) is 23.9 Å². The molecule has 0 unspecified atom stereocenters. The first-order valence-corrected chi connectivity index (χ1v) is 13.6. The van der Waals surface area contributed by atoms with Crippen LogP contribution in [0.2, 0.25) is 5.02 Å². The Morgan fingerprint density at radius 3 is 2.64 bits per heavy atom. The van der Waals surface area contributed by atoms with Crippen LogP contribution in [0.3, 0.4) is 0 Å². The molecular weight excluding hydrogens is 583 g/mol. The van der Waals surface area contributed by atoms with Crippen LogP contribution in [0.25, 0.3) is 6.08 Å². The normalized spacial score (nSPS) is 15.2. The van der Waals surface area contributed by atoms with Crippen molar-refractivity contribution < 1.29 is 28.2 Å². The quantitative estimate of drug-likeness (QED) is 0.132. The van der Waals surface area contributed by atoms with E-state index in [9.17, 15) is 19.1 Å². The number of nitrogens with zero attached hydrogens (tertiary/aromatic N) is 3. The van der Waals surface area contributed by atoms with Gasteiger partial charge in [-0.05, 0) is 102 Å². The van der Waals surface area contributed by atoms with Gasteiger partial charge in [0.15, 0.2) is 11.8 Å². The summed E-state index contributed by atoms with van der Waals surface area (Å²) in [6.07, 6.45) is 4.62. The number of nitrogens with one attached hydrogen (secondary N) is 1. The van der Waals surface area contributed by atoms with Gasteiger partial charge in [0.25, 0.3) is 11.8 Å². The van der Waals surface area contributed by atoms with E-state index in [1.807, 2.05) is 0 Å². The number of ether oxygens (including phenoxy) is 1.